The first-order chi connectivity index (χ1) is 22.3. The van der Waals surface area contributed by atoms with Crippen molar-refractivity contribution in [3.05, 3.63) is 58.7 Å². The summed E-state index contributed by atoms with van der Waals surface area (Å²) in [5.74, 6) is 7.74. The van der Waals surface area contributed by atoms with Crippen LogP contribution in [0, 0.1) is 34.5 Å². The Kier molecular flexibility index (Phi) is 10.5. The third-order valence-electron chi connectivity index (χ3n) is 13.3. The molecule has 0 unspecified atom stereocenters. The predicted octanol–water partition coefficient (Wildman–Crippen LogP) is 11.3. The number of aromatic hydroxyl groups is 2. The fraction of sp³-hybridized carbons (Fsp3) is 0.690. The lowest BCUT2D eigenvalue weighted by Gasteiger charge is -2.56. The standard InChI is InChI=1S/C22H32OS2.C20H28O2/c1-15(2)4-5-17-13-22(24-10-11-25-22)14-20-19-7-6-18(23)12-16(19)8-9-21(17,20)3;1-13(2)4-5-15-11-17(22)12-19-18-7-6-16(21)10-14(18)8-9-20(15,19)3/h6-7,12,15,17,20,23H,4-5,8-11,13-14H2,1-3H3;6-7,10,13,15,19,21H,4-5,8-9,11-12H2,1-3H3/t17-,20+,21-;15-,19+,20-/m00/s1. The summed E-state index contributed by atoms with van der Waals surface area (Å²) >= 11 is 4.50. The zero-order chi connectivity index (χ0) is 33.6. The number of fused-ring (bicyclic) bond motifs is 6. The number of aryl methyl sites for hydroxylation is 2. The number of hydrogen-bond donors (Lipinski definition) is 2. The molecule has 1 heterocycles. The summed E-state index contributed by atoms with van der Waals surface area (Å²) in [6.45, 7) is 14.3. The minimum Gasteiger partial charge on any atom is -0.508 e. The van der Waals surface area contributed by atoms with Crippen molar-refractivity contribution in [1.29, 1.82) is 0 Å². The molecule has 0 radical (unpaired) electrons. The molecule has 1 aliphatic heterocycles. The Morgan fingerprint density at radius 3 is 1.79 bits per heavy atom. The Labute approximate surface area is 293 Å². The Bertz CT molecular complexity index is 1430. The Balaban J connectivity index is 0.000000166. The van der Waals surface area contributed by atoms with E-state index < -0.39 is 0 Å². The lowest BCUT2D eigenvalue weighted by molar-refractivity contribution is -0.126. The van der Waals surface area contributed by atoms with E-state index in [2.05, 4.69) is 77.2 Å². The number of carbonyl (C=O) groups is 1. The third kappa shape index (κ3) is 7.19. The molecule has 2 N–H and O–H groups in total. The molecule has 1 saturated heterocycles. The number of thioether (sulfide) groups is 2. The molecular formula is C42H60O3S2. The molecule has 6 atom stereocenters. The van der Waals surface area contributed by atoms with Crippen molar-refractivity contribution >= 4 is 29.3 Å². The first kappa shape index (κ1) is 35.2. The Hall–Kier alpha value is -1.59. The maximum absolute atomic E-state index is 12.3. The van der Waals surface area contributed by atoms with Crippen LogP contribution < -0.4 is 0 Å². The molecule has 47 heavy (non-hydrogen) atoms. The van der Waals surface area contributed by atoms with Crippen molar-refractivity contribution in [1.82, 2.24) is 0 Å². The summed E-state index contributed by atoms with van der Waals surface area (Å²) in [4.78, 5) is 12.3. The monoisotopic (exact) mass is 676 g/mol. The number of Topliss-reactive ketones (excluding diaryl/α,β-unsaturated/α-hetero) is 1. The van der Waals surface area contributed by atoms with Gasteiger partial charge in [0.25, 0.3) is 0 Å². The maximum Gasteiger partial charge on any atom is 0.133 e. The second-order valence-electron chi connectivity index (χ2n) is 17.2. The largest absolute Gasteiger partial charge is 0.508 e. The van der Waals surface area contributed by atoms with E-state index in [0.29, 0.717) is 56.9 Å². The van der Waals surface area contributed by atoms with E-state index in [1.165, 1.54) is 73.1 Å². The molecule has 2 aromatic carbocycles. The molecule has 1 spiro atoms. The van der Waals surface area contributed by atoms with Crippen LogP contribution in [-0.4, -0.2) is 31.6 Å². The normalized spacial score (nSPS) is 32.3. The van der Waals surface area contributed by atoms with Crippen molar-refractivity contribution in [3.8, 4) is 11.5 Å². The van der Waals surface area contributed by atoms with Crippen molar-refractivity contribution in [2.24, 2.45) is 34.5 Å². The van der Waals surface area contributed by atoms with Gasteiger partial charge in [0.15, 0.2) is 0 Å². The topological polar surface area (TPSA) is 57.5 Å². The highest BCUT2D eigenvalue weighted by molar-refractivity contribution is 8.21. The molecule has 2 aromatic rings. The molecule has 258 valence electrons. The lowest BCUT2D eigenvalue weighted by Crippen LogP contribution is -2.47. The summed E-state index contributed by atoms with van der Waals surface area (Å²) < 4.78 is 0.457. The molecule has 3 nitrogen and oxygen atoms in total. The van der Waals surface area contributed by atoms with Gasteiger partial charge in [-0.05, 0) is 144 Å². The van der Waals surface area contributed by atoms with Gasteiger partial charge in [0.2, 0.25) is 0 Å². The zero-order valence-electron chi connectivity index (χ0n) is 29.9. The third-order valence-corrected chi connectivity index (χ3v) is 16.8. The van der Waals surface area contributed by atoms with E-state index in [-0.39, 0.29) is 5.41 Å². The quantitative estimate of drug-likeness (QED) is 0.319. The minimum absolute atomic E-state index is 0.243. The molecule has 7 rings (SSSR count). The van der Waals surface area contributed by atoms with Crippen molar-refractivity contribution in [3.63, 3.8) is 0 Å². The van der Waals surface area contributed by atoms with E-state index in [0.717, 1.165) is 37.5 Å². The SMILES string of the molecule is CC(C)CC[C@H]1CC(=O)C[C@@H]2c3ccc(O)cc3CC[C@@]12C.CC(C)CC[C@H]1CC2(C[C@@H]3c4ccc(O)cc4CC[C@@]13C)SCCS2. The van der Waals surface area contributed by atoms with Crippen LogP contribution in [0.15, 0.2) is 36.4 Å². The summed E-state index contributed by atoms with van der Waals surface area (Å²) in [5, 5.41) is 19.7. The zero-order valence-corrected chi connectivity index (χ0v) is 31.6. The highest BCUT2D eigenvalue weighted by Crippen LogP contribution is 2.66. The number of carbonyl (C=O) groups excluding carboxylic acids is 1. The molecule has 3 fully saturated rings. The van der Waals surface area contributed by atoms with Crippen LogP contribution in [0.2, 0.25) is 0 Å². The van der Waals surface area contributed by atoms with Crippen molar-refractivity contribution in [2.75, 3.05) is 11.5 Å². The highest BCUT2D eigenvalue weighted by Gasteiger charge is 2.55. The second kappa shape index (κ2) is 14.0. The average molecular weight is 677 g/mol. The van der Waals surface area contributed by atoms with Crippen LogP contribution in [0.4, 0.5) is 0 Å². The molecule has 0 aromatic heterocycles. The number of ketones is 1. The van der Waals surface area contributed by atoms with E-state index in [1.54, 1.807) is 11.6 Å². The van der Waals surface area contributed by atoms with Crippen LogP contribution >= 0.6 is 23.5 Å². The van der Waals surface area contributed by atoms with Crippen LogP contribution in [0.3, 0.4) is 0 Å². The van der Waals surface area contributed by atoms with Gasteiger partial charge >= 0.3 is 0 Å². The predicted molar refractivity (Wildman–Crippen MR) is 201 cm³/mol. The molecule has 0 bridgehead atoms. The van der Waals surface area contributed by atoms with E-state index >= 15 is 0 Å². The smallest absolute Gasteiger partial charge is 0.133 e. The number of phenols is 2. The molecule has 5 heteroatoms. The van der Waals surface area contributed by atoms with Gasteiger partial charge in [-0.1, -0.05) is 66.5 Å². The van der Waals surface area contributed by atoms with E-state index in [1.807, 2.05) is 18.2 Å². The van der Waals surface area contributed by atoms with Crippen LogP contribution in [0.5, 0.6) is 11.5 Å². The van der Waals surface area contributed by atoms with Gasteiger partial charge in [0.05, 0.1) is 4.08 Å². The molecule has 0 amide bonds. The average Bonchev–Trinajstić information content (AvgIpc) is 3.47. The number of phenolic OH excluding ortho intramolecular Hbond substituents is 2. The molecule has 4 aliphatic carbocycles. The number of benzene rings is 2. The van der Waals surface area contributed by atoms with Crippen LogP contribution in [0.1, 0.15) is 140 Å². The van der Waals surface area contributed by atoms with Gasteiger partial charge in [0, 0.05) is 24.3 Å². The van der Waals surface area contributed by atoms with Gasteiger partial charge in [-0.15, -0.1) is 23.5 Å². The van der Waals surface area contributed by atoms with Crippen molar-refractivity contribution in [2.45, 2.75) is 135 Å². The summed E-state index contributed by atoms with van der Waals surface area (Å²) in [6, 6.07) is 11.9. The maximum atomic E-state index is 12.3. The van der Waals surface area contributed by atoms with Gasteiger partial charge < -0.3 is 10.2 Å². The first-order valence-corrected chi connectivity index (χ1v) is 20.7. The van der Waals surface area contributed by atoms with Crippen LogP contribution in [-0.2, 0) is 17.6 Å². The fourth-order valence-electron chi connectivity index (χ4n) is 10.3. The highest BCUT2D eigenvalue weighted by atomic mass is 32.2. The van der Waals surface area contributed by atoms with Crippen LogP contribution in [0.25, 0.3) is 0 Å². The Morgan fingerprint density at radius 2 is 1.23 bits per heavy atom. The van der Waals surface area contributed by atoms with Crippen molar-refractivity contribution < 1.29 is 15.0 Å². The first-order valence-electron chi connectivity index (χ1n) is 18.7. The Morgan fingerprint density at radius 1 is 0.723 bits per heavy atom. The summed E-state index contributed by atoms with van der Waals surface area (Å²) in [5.41, 5.74) is 6.21. The van der Waals surface area contributed by atoms with Gasteiger partial charge in [0.1, 0.15) is 17.3 Å². The molecular weight excluding hydrogens is 617 g/mol. The number of rotatable bonds is 6. The van der Waals surface area contributed by atoms with Gasteiger partial charge in [-0.25, -0.2) is 0 Å². The second-order valence-corrected chi connectivity index (χ2v) is 20.4. The molecule has 5 aliphatic rings. The fourth-order valence-corrected chi connectivity index (χ4v) is 13.8. The van der Waals surface area contributed by atoms with E-state index in [4.69, 9.17) is 0 Å². The lowest BCUT2D eigenvalue weighted by atomic mass is 9.53. The summed E-state index contributed by atoms with van der Waals surface area (Å²) in [6.07, 6.45) is 13.9. The number of hydrogen-bond acceptors (Lipinski definition) is 5. The van der Waals surface area contributed by atoms with Gasteiger partial charge in [-0.2, -0.15) is 0 Å². The molecule has 2 saturated carbocycles. The minimum atomic E-state index is 0.243. The van der Waals surface area contributed by atoms with E-state index in [9.17, 15) is 15.0 Å². The summed E-state index contributed by atoms with van der Waals surface area (Å²) in [7, 11) is 0. The van der Waals surface area contributed by atoms with Gasteiger partial charge in [-0.3, -0.25) is 4.79 Å².